The number of carbonyl (C=O) groups is 1. The number of aromatic nitrogens is 1. The number of thiophene rings is 1. The maximum absolute atomic E-state index is 12.5. The van der Waals surface area contributed by atoms with Gasteiger partial charge in [-0.1, -0.05) is 12.1 Å². The minimum Gasteiger partial charge on any atom is -0.397 e. The van der Waals surface area contributed by atoms with E-state index >= 15 is 0 Å². The Bertz CT molecular complexity index is 943. The molecule has 3 rings (SSSR count). The molecule has 0 fully saturated rings. The minimum atomic E-state index is -1.78. The van der Waals surface area contributed by atoms with Crippen LogP contribution >= 0.6 is 19.4 Å². The lowest BCUT2D eigenvalue weighted by Gasteiger charge is -2.10. The number of anilines is 2. The molecule has 3 aromatic rings. The van der Waals surface area contributed by atoms with E-state index in [1.165, 1.54) is 6.20 Å². The Balaban J connectivity index is 1.72. The Morgan fingerprint density at radius 2 is 2.15 bits per heavy atom. The molecule has 0 radical (unpaired) electrons. The Morgan fingerprint density at radius 3 is 2.81 bits per heavy atom. The number of nitrogens with two attached hydrogens (primary N) is 1. The summed E-state index contributed by atoms with van der Waals surface area (Å²) in [5, 5.41) is 4.82. The maximum Gasteiger partial charge on any atom is 0.514 e. The molecule has 0 saturated heterocycles. The molecule has 8 heteroatoms. The number of carbonyl (C=O) groups excluding carboxylic acids is 1. The van der Waals surface area contributed by atoms with Crippen molar-refractivity contribution >= 4 is 36.6 Å². The normalized spacial score (nSPS) is 11.2. The highest BCUT2D eigenvalue weighted by atomic mass is 32.1. The van der Waals surface area contributed by atoms with Crippen LogP contribution in [0.2, 0.25) is 0 Å². The van der Waals surface area contributed by atoms with E-state index in [4.69, 9.17) is 10.3 Å². The summed E-state index contributed by atoms with van der Waals surface area (Å²) < 4.78 is 16.7. The molecule has 27 heavy (non-hydrogen) atoms. The predicted molar refractivity (Wildman–Crippen MR) is 109 cm³/mol. The Labute approximate surface area is 162 Å². The van der Waals surface area contributed by atoms with Crippen molar-refractivity contribution < 1.29 is 13.9 Å². The molecule has 1 amide bonds. The fraction of sp³-hybridized carbons (Fsp3) is 0.158. The van der Waals surface area contributed by atoms with E-state index in [-0.39, 0.29) is 12.1 Å². The fourth-order valence-electron chi connectivity index (χ4n) is 2.43. The van der Waals surface area contributed by atoms with Gasteiger partial charge in [0.25, 0.3) is 5.91 Å². The number of benzene rings is 1. The zero-order chi connectivity index (χ0) is 19.2. The number of nitrogens with one attached hydrogen (secondary N) is 1. The molecule has 3 N–H and O–H groups in total. The highest BCUT2D eigenvalue weighted by Gasteiger charge is 2.18. The molecular weight excluding hydrogens is 381 g/mol. The number of pyridine rings is 1. The molecule has 0 aliphatic carbocycles. The van der Waals surface area contributed by atoms with Gasteiger partial charge >= 0.3 is 8.03 Å². The molecule has 1 atom stereocenters. The summed E-state index contributed by atoms with van der Waals surface area (Å²) in [7, 11) is -1.78. The number of amides is 1. The van der Waals surface area contributed by atoms with Crippen LogP contribution in [-0.2, 0) is 15.3 Å². The first-order valence-corrected chi connectivity index (χ1v) is 10.6. The zero-order valence-electron chi connectivity index (χ0n) is 14.7. The third kappa shape index (κ3) is 4.98. The molecule has 0 aliphatic heterocycles. The van der Waals surface area contributed by atoms with Crippen LogP contribution in [0.5, 0.6) is 0 Å². The van der Waals surface area contributed by atoms with Gasteiger partial charge in [0.15, 0.2) is 0 Å². The van der Waals surface area contributed by atoms with Crippen molar-refractivity contribution in [3.8, 4) is 10.4 Å². The van der Waals surface area contributed by atoms with E-state index in [1.54, 1.807) is 36.5 Å². The first-order chi connectivity index (χ1) is 13.1. The predicted octanol–water partition coefficient (Wildman–Crippen LogP) is 4.92. The summed E-state index contributed by atoms with van der Waals surface area (Å²) in [6.07, 6.45) is 1.68. The summed E-state index contributed by atoms with van der Waals surface area (Å²) in [4.78, 5) is 17.8. The lowest BCUT2D eigenvalue weighted by molar-refractivity contribution is 0.102. The maximum atomic E-state index is 12.5. The van der Waals surface area contributed by atoms with Gasteiger partial charge in [0.1, 0.15) is 0 Å². The largest absolute Gasteiger partial charge is 0.514 e. The summed E-state index contributed by atoms with van der Waals surface area (Å²) in [6.45, 7) is 2.18. The van der Waals surface area contributed by atoms with Crippen molar-refractivity contribution in [2.75, 3.05) is 17.7 Å². The first-order valence-electron chi connectivity index (χ1n) is 8.34. The van der Waals surface area contributed by atoms with Crippen molar-refractivity contribution in [2.24, 2.45) is 0 Å². The second-order valence-electron chi connectivity index (χ2n) is 5.68. The highest BCUT2D eigenvalue weighted by Crippen LogP contribution is 2.30. The summed E-state index contributed by atoms with van der Waals surface area (Å²) in [5.74, 6) is -0.307. The smallest absolute Gasteiger partial charge is 0.397 e. The van der Waals surface area contributed by atoms with Gasteiger partial charge in [-0.3, -0.25) is 9.78 Å². The molecule has 6 nitrogen and oxygen atoms in total. The summed E-state index contributed by atoms with van der Waals surface area (Å²) in [5.41, 5.74) is 9.04. The quantitative estimate of drug-likeness (QED) is 0.433. The first kappa shape index (κ1) is 19.2. The number of nitrogens with zero attached hydrogens (tertiary/aromatic N) is 1. The van der Waals surface area contributed by atoms with Crippen molar-refractivity contribution in [1.29, 1.82) is 0 Å². The lowest BCUT2D eigenvalue weighted by atomic mass is 10.1. The number of hydrogen-bond donors (Lipinski definition) is 2. The SMILES string of the molecule is CCO[P+](=O)Cc1ccc(C(=O)Nc2cc(-c3cccs3)ccc2N)cn1. The van der Waals surface area contributed by atoms with E-state index in [0.29, 0.717) is 29.2 Å². The van der Waals surface area contributed by atoms with E-state index < -0.39 is 8.03 Å². The standard InChI is InChI=1S/C19H18N3O3PS/c1-2-25-26(24)12-15-7-5-14(11-21-15)19(23)22-17-10-13(6-8-16(17)20)18-4-3-9-27-18/h3-11H,2,12,20H2,1H3/p+1. The minimum absolute atomic E-state index is 0.223. The third-order valence-electron chi connectivity index (χ3n) is 3.76. The number of nitrogen functional groups attached to an aromatic ring is 1. The molecule has 138 valence electrons. The van der Waals surface area contributed by atoms with Crippen LogP contribution in [0.25, 0.3) is 10.4 Å². The lowest BCUT2D eigenvalue weighted by Crippen LogP contribution is -2.13. The number of rotatable bonds is 7. The van der Waals surface area contributed by atoms with Crippen LogP contribution in [0.15, 0.2) is 54.0 Å². The molecule has 0 spiro atoms. The van der Waals surface area contributed by atoms with Crippen molar-refractivity contribution in [3.63, 3.8) is 0 Å². The Kier molecular flexibility index (Phi) is 6.29. The van der Waals surface area contributed by atoms with Crippen LogP contribution in [0.1, 0.15) is 23.0 Å². The highest BCUT2D eigenvalue weighted by molar-refractivity contribution is 7.38. The molecule has 1 unspecified atom stereocenters. The van der Waals surface area contributed by atoms with E-state index in [1.807, 2.05) is 29.6 Å². The van der Waals surface area contributed by atoms with Crippen LogP contribution in [0, 0.1) is 0 Å². The zero-order valence-corrected chi connectivity index (χ0v) is 16.4. The summed E-state index contributed by atoms with van der Waals surface area (Å²) >= 11 is 1.62. The monoisotopic (exact) mass is 400 g/mol. The molecular formula is C19H19N3O3PS+. The van der Waals surface area contributed by atoms with Gasteiger partial charge in [-0.05, 0) is 52.8 Å². The molecule has 0 aliphatic rings. The molecule has 2 aromatic heterocycles. The molecule has 0 saturated carbocycles. The van der Waals surface area contributed by atoms with Crippen LogP contribution in [0.3, 0.4) is 0 Å². The van der Waals surface area contributed by atoms with E-state index in [0.717, 1.165) is 10.4 Å². The second kappa shape index (κ2) is 8.86. The van der Waals surface area contributed by atoms with Gasteiger partial charge in [0.2, 0.25) is 6.16 Å². The van der Waals surface area contributed by atoms with Crippen molar-refractivity contribution in [3.05, 3.63) is 65.3 Å². The van der Waals surface area contributed by atoms with Gasteiger partial charge in [-0.25, -0.2) is 0 Å². The third-order valence-corrected chi connectivity index (χ3v) is 5.81. The van der Waals surface area contributed by atoms with Crippen LogP contribution in [-0.4, -0.2) is 17.5 Å². The van der Waals surface area contributed by atoms with E-state index in [2.05, 4.69) is 10.3 Å². The Morgan fingerprint density at radius 1 is 1.30 bits per heavy atom. The molecule has 1 aromatic carbocycles. The van der Waals surface area contributed by atoms with Crippen LogP contribution in [0.4, 0.5) is 11.4 Å². The van der Waals surface area contributed by atoms with Gasteiger partial charge < -0.3 is 11.1 Å². The van der Waals surface area contributed by atoms with Gasteiger partial charge in [0.05, 0.1) is 29.2 Å². The molecule has 0 bridgehead atoms. The second-order valence-corrected chi connectivity index (χ2v) is 7.87. The topological polar surface area (TPSA) is 94.3 Å². The average Bonchev–Trinajstić information content (AvgIpc) is 3.19. The van der Waals surface area contributed by atoms with Gasteiger partial charge in [0, 0.05) is 11.1 Å². The van der Waals surface area contributed by atoms with E-state index in [9.17, 15) is 9.36 Å². The fourth-order valence-corrected chi connectivity index (χ4v) is 3.98. The van der Waals surface area contributed by atoms with Gasteiger partial charge in [-0.15, -0.1) is 15.9 Å². The number of hydrogen-bond acceptors (Lipinski definition) is 6. The van der Waals surface area contributed by atoms with Crippen molar-refractivity contribution in [2.45, 2.75) is 13.1 Å². The van der Waals surface area contributed by atoms with Gasteiger partial charge in [-0.2, -0.15) is 0 Å². The Hall–Kier alpha value is -2.60. The van der Waals surface area contributed by atoms with Crippen molar-refractivity contribution in [1.82, 2.24) is 4.98 Å². The average molecular weight is 400 g/mol. The molecule has 2 heterocycles. The summed E-state index contributed by atoms with van der Waals surface area (Å²) in [6, 6.07) is 12.9. The van der Waals surface area contributed by atoms with Crippen LogP contribution < -0.4 is 11.1 Å².